The van der Waals surface area contributed by atoms with Gasteiger partial charge in [-0.3, -0.25) is 48.1 Å². The van der Waals surface area contributed by atoms with Crippen LogP contribution in [0.3, 0.4) is 0 Å². The van der Waals surface area contributed by atoms with Gasteiger partial charge in [0, 0.05) is 174 Å². The number of fused-ring (bicyclic) bond motifs is 1. The molecule has 9 amide bonds. The summed E-state index contributed by atoms with van der Waals surface area (Å²) in [5.74, 6) is -3.78. The molecular formula is C70H86ClN25O13. The number of morpholine rings is 1. The average Bonchev–Trinajstić information content (AvgIpc) is 1.64. The van der Waals surface area contributed by atoms with Crippen LogP contribution < -0.4 is 52.6 Å². The lowest BCUT2D eigenvalue weighted by Crippen LogP contribution is -2.44. The summed E-state index contributed by atoms with van der Waals surface area (Å²) in [6, 6.07) is 11.8. The van der Waals surface area contributed by atoms with Gasteiger partial charge in [0.1, 0.15) is 18.2 Å². The van der Waals surface area contributed by atoms with Crippen LogP contribution in [-0.2, 0) is 85.5 Å². The molecule has 7 aromatic heterocycles. The number of amides is 9. The predicted molar refractivity (Wildman–Crippen MR) is 400 cm³/mol. The molecule has 1 fully saturated rings. The number of halogens is 1. The van der Waals surface area contributed by atoms with Crippen LogP contribution in [0.5, 0.6) is 5.75 Å². The second-order valence-corrected chi connectivity index (χ2v) is 26.0. The number of carbonyl (C=O) groups excluding carboxylic acids is 9. The molecule has 1 saturated heterocycles. The Morgan fingerprint density at radius 3 is 1.50 bits per heavy atom. The minimum absolute atomic E-state index is 0.00558. The summed E-state index contributed by atoms with van der Waals surface area (Å²) in [6.07, 6.45) is 11.0. The number of anilines is 5. The van der Waals surface area contributed by atoms with Crippen LogP contribution in [0.1, 0.15) is 121 Å². The molecule has 576 valence electrons. The number of nitrogens with one attached hydrogen (secondary N) is 10. The summed E-state index contributed by atoms with van der Waals surface area (Å²) >= 11 is 6.71. The van der Waals surface area contributed by atoms with E-state index in [2.05, 4.69) is 94.1 Å². The Hall–Kier alpha value is -12.4. The first-order valence-corrected chi connectivity index (χ1v) is 35.1. The summed E-state index contributed by atoms with van der Waals surface area (Å²) in [5, 5.41) is 42.6. The molecule has 0 saturated carbocycles. The van der Waals surface area contributed by atoms with Crippen molar-refractivity contribution in [2.24, 2.45) is 42.3 Å². The third kappa shape index (κ3) is 20.8. The molecule has 8 heterocycles. The van der Waals surface area contributed by atoms with E-state index < -0.39 is 47.3 Å². The van der Waals surface area contributed by atoms with Crippen molar-refractivity contribution in [2.45, 2.75) is 65.5 Å². The normalized spacial score (nSPS) is 12.8. The van der Waals surface area contributed by atoms with E-state index in [1.165, 1.54) is 85.7 Å². The number of aromatic nitrogens is 14. The van der Waals surface area contributed by atoms with E-state index in [0.717, 1.165) is 47.6 Å². The van der Waals surface area contributed by atoms with Crippen molar-refractivity contribution in [2.75, 3.05) is 98.9 Å². The molecular weight excluding hydrogens is 1430 g/mol. The van der Waals surface area contributed by atoms with E-state index in [-0.39, 0.29) is 153 Å². The van der Waals surface area contributed by atoms with Gasteiger partial charge >= 0.3 is 0 Å². The second-order valence-electron chi connectivity index (χ2n) is 25.6. The molecule has 0 spiro atoms. The summed E-state index contributed by atoms with van der Waals surface area (Å²) in [6.45, 7) is 9.89. The van der Waals surface area contributed by atoms with Crippen molar-refractivity contribution in [1.29, 1.82) is 5.41 Å². The number of hydrogen-bond donors (Lipinski definition) is 11. The summed E-state index contributed by atoms with van der Waals surface area (Å²) < 4.78 is 27.9. The maximum atomic E-state index is 13.4. The monoisotopic (exact) mass is 1520 g/mol. The Morgan fingerprint density at radius 2 is 1.03 bits per heavy atom. The topological polar surface area (TPSA) is 462 Å². The predicted octanol–water partition coefficient (Wildman–Crippen LogP) is 3.53. The lowest BCUT2D eigenvalue weighted by Gasteiger charge is -2.32. The van der Waals surface area contributed by atoms with Gasteiger partial charge in [-0.05, 0) is 62.6 Å². The molecule has 1 aliphatic heterocycles. The number of aryl methyl sites for hydroxylation is 8. The number of aliphatic hydroxyl groups excluding tert-OH is 1. The fourth-order valence-electron chi connectivity index (χ4n) is 11.9. The van der Waals surface area contributed by atoms with E-state index in [1.54, 1.807) is 41.2 Å². The second kappa shape index (κ2) is 36.2. The molecule has 11 N–H and O–H groups in total. The van der Waals surface area contributed by atoms with Gasteiger partial charge in [-0.25, -0.2) is 34.9 Å². The standard InChI is InChI=1S/C70H86ClN25O13/c1-40(95-25-28-108-29-26-95)34-96-47-13-12-44(58(41(2)72)42(3)97)33-46(47)78-54(96)15-11-43-10-14-48(45(71)32-43)109-31-30-107-27-23-73-55(98)16-19-75-65(101)60-84-52(38-91(60)6)87-69(105)63-81-50(35-93(63)8)80-57(100)18-21-77-67(103)62-85-53(39-92(62)7)88-70(106)64-82-49(36-94(64)9)79-56(99)17-20-76-66(102)61-83-51(37-90(61)5)86-68(104)59-74-22-24-89(59)4/h10,12-14,22,24,32-33,35-40,72,97H,11,15-21,23,25-31,34H2,1-9H3,(H,73,98)(H,75,101)(H,76,102)(H,77,103)(H,79,99)(H,80,100)(H,86,104)(H,87,105)(H,88,106)/b58-42+,72-41?/t40-/m0/s1. The smallest absolute Gasteiger partial charge is 0.292 e. The van der Waals surface area contributed by atoms with Crippen LogP contribution in [0.25, 0.3) is 16.6 Å². The third-order valence-corrected chi connectivity index (χ3v) is 17.5. The molecule has 1 aliphatic rings. The van der Waals surface area contributed by atoms with Gasteiger partial charge in [-0.2, -0.15) is 0 Å². The first kappa shape index (κ1) is 79.2. The van der Waals surface area contributed by atoms with Crippen molar-refractivity contribution in [1.82, 2.24) is 93.0 Å². The van der Waals surface area contributed by atoms with Crippen LogP contribution in [0.2, 0.25) is 5.02 Å². The van der Waals surface area contributed by atoms with Crippen LogP contribution in [0.15, 0.2) is 85.5 Å². The third-order valence-electron chi connectivity index (χ3n) is 17.3. The number of rotatable bonds is 35. The summed E-state index contributed by atoms with van der Waals surface area (Å²) in [7, 11) is 9.35. The molecule has 1 atom stereocenters. The van der Waals surface area contributed by atoms with E-state index in [9.17, 15) is 48.3 Å². The lowest BCUT2D eigenvalue weighted by atomic mass is 10.0. The first-order valence-electron chi connectivity index (χ1n) is 34.7. The number of hydrogen-bond acceptors (Lipinski definition) is 22. The van der Waals surface area contributed by atoms with Crippen LogP contribution in [0, 0.1) is 5.41 Å². The minimum atomic E-state index is -0.721. The molecule has 0 unspecified atom stereocenters. The highest BCUT2D eigenvalue weighted by Gasteiger charge is 2.26. The quantitative estimate of drug-likeness (QED) is 0.0154. The molecule has 9 aromatic rings. The van der Waals surface area contributed by atoms with Crippen LogP contribution >= 0.6 is 11.6 Å². The molecule has 10 rings (SSSR count). The van der Waals surface area contributed by atoms with Crippen molar-refractivity contribution >= 4 is 116 Å². The van der Waals surface area contributed by atoms with Crippen molar-refractivity contribution < 1.29 is 62.5 Å². The Morgan fingerprint density at radius 1 is 0.550 bits per heavy atom. The maximum Gasteiger partial charge on any atom is 0.292 e. The minimum Gasteiger partial charge on any atom is -0.512 e. The van der Waals surface area contributed by atoms with Crippen LogP contribution in [-0.4, -0.2) is 214 Å². The van der Waals surface area contributed by atoms with E-state index in [4.69, 9.17) is 36.2 Å². The van der Waals surface area contributed by atoms with Gasteiger partial charge in [0.25, 0.3) is 35.4 Å². The molecule has 38 nitrogen and oxygen atoms in total. The van der Waals surface area contributed by atoms with Crippen molar-refractivity contribution in [3.63, 3.8) is 0 Å². The molecule has 0 bridgehead atoms. The molecule has 109 heavy (non-hydrogen) atoms. The fraction of sp³-hybridized carbons (Fsp3) is 0.386. The zero-order valence-electron chi connectivity index (χ0n) is 61.5. The first-order chi connectivity index (χ1) is 52.2. The molecule has 2 aromatic carbocycles. The number of allylic oxidation sites excluding steroid dienone is 2. The number of imidazole rings is 7. The van der Waals surface area contributed by atoms with Crippen LogP contribution in [0.4, 0.5) is 29.1 Å². The number of ether oxygens (including phenoxy) is 3. The van der Waals surface area contributed by atoms with Gasteiger partial charge in [-0.1, -0.05) is 23.7 Å². The number of carbonyl (C=O) groups is 9. The Labute approximate surface area is 629 Å². The van der Waals surface area contributed by atoms with Gasteiger partial charge in [0.2, 0.25) is 46.8 Å². The van der Waals surface area contributed by atoms with Crippen molar-refractivity contribution in [3.05, 3.63) is 142 Å². The highest BCUT2D eigenvalue weighted by atomic mass is 35.5. The number of nitrogens with zero attached hydrogens (tertiary/aromatic N) is 15. The summed E-state index contributed by atoms with van der Waals surface area (Å²) in [4.78, 5) is 149. The fourth-order valence-corrected chi connectivity index (χ4v) is 12.1. The zero-order valence-corrected chi connectivity index (χ0v) is 62.3. The highest BCUT2D eigenvalue weighted by molar-refractivity contribution is 6.32. The molecule has 39 heteroatoms. The lowest BCUT2D eigenvalue weighted by molar-refractivity contribution is -0.121. The van der Waals surface area contributed by atoms with Gasteiger partial charge in [0.05, 0.1) is 48.2 Å². The summed E-state index contributed by atoms with van der Waals surface area (Å²) in [5.41, 5.74) is 4.25. The highest BCUT2D eigenvalue weighted by Crippen LogP contribution is 2.29. The largest absolute Gasteiger partial charge is 0.512 e. The Bertz CT molecular complexity index is 4930. The molecule has 0 radical (unpaired) electrons. The number of benzene rings is 2. The number of aliphatic hydroxyl groups is 1. The zero-order chi connectivity index (χ0) is 78.2. The maximum absolute atomic E-state index is 13.4. The van der Waals surface area contributed by atoms with E-state index >= 15 is 0 Å². The molecule has 0 aliphatic carbocycles. The Kier molecular flexibility index (Phi) is 26.3. The Balaban J connectivity index is 0.582. The van der Waals surface area contributed by atoms with Crippen molar-refractivity contribution in [3.8, 4) is 5.75 Å². The average molecular weight is 1520 g/mol. The van der Waals surface area contributed by atoms with E-state index in [1.807, 2.05) is 36.4 Å². The van der Waals surface area contributed by atoms with Gasteiger partial charge in [-0.15, -0.1) is 0 Å². The van der Waals surface area contributed by atoms with Gasteiger partial charge in [0.15, 0.2) is 34.9 Å². The van der Waals surface area contributed by atoms with E-state index in [0.29, 0.717) is 42.4 Å². The van der Waals surface area contributed by atoms with Gasteiger partial charge < -0.3 is 105 Å². The SMILES string of the molecule is CC(=N)/C(=C(/C)O)c1ccc2c(c1)nc(CCc1ccc(OCCOCCNC(=O)CCNC(=O)c3nc(NC(=O)c4nc(NC(=O)CCNC(=O)c5nc(NC(=O)c6nc(NC(=O)CCNC(=O)c7nc(NC(=O)c8nccn8C)cn7C)cn6C)cn5C)cn4C)cn3C)c(Cl)c1)n2C[C@H](C)N1CCOCC1.